The molecule has 0 amide bonds. The third-order valence-electron chi connectivity index (χ3n) is 3.19. The molecule has 138 valence electrons. The quantitative estimate of drug-likeness (QED) is 0.284. The molecule has 0 aromatic heterocycles. The Bertz CT molecular complexity index is 251. The van der Waals surface area contributed by atoms with Crippen molar-refractivity contribution in [3.63, 3.8) is 0 Å². The van der Waals surface area contributed by atoms with E-state index in [0.29, 0.717) is 39.5 Å². The van der Waals surface area contributed by atoms with Crippen LogP contribution in [-0.2, 0) is 23.7 Å². The minimum atomic E-state index is -0.472. The van der Waals surface area contributed by atoms with E-state index in [4.69, 9.17) is 18.9 Å². The highest BCUT2D eigenvalue weighted by atomic mass is 19.1. The second-order valence-corrected chi connectivity index (χ2v) is 5.26. The van der Waals surface area contributed by atoms with Crippen molar-refractivity contribution in [2.24, 2.45) is 0 Å². The molecule has 0 saturated heterocycles. The number of rotatable bonds is 18. The van der Waals surface area contributed by atoms with Crippen molar-refractivity contribution in [1.29, 1.82) is 0 Å². The highest BCUT2D eigenvalue weighted by molar-refractivity contribution is 5.69. The molecule has 0 aromatic carbocycles. The number of hydrogen-bond acceptors (Lipinski definition) is 5. The molecule has 0 unspecified atom stereocenters. The molecule has 23 heavy (non-hydrogen) atoms. The van der Waals surface area contributed by atoms with Crippen molar-refractivity contribution in [3.05, 3.63) is 0 Å². The largest absolute Gasteiger partial charge is 0.463 e. The van der Waals surface area contributed by atoms with E-state index in [9.17, 15) is 9.18 Å². The lowest BCUT2D eigenvalue weighted by Crippen LogP contribution is -2.14. The average molecular weight is 336 g/mol. The fraction of sp³-hybridized carbons (Fsp3) is 0.941. The summed E-state index contributed by atoms with van der Waals surface area (Å²) in [4.78, 5) is 11.4. The van der Waals surface area contributed by atoms with Gasteiger partial charge in [0.2, 0.25) is 0 Å². The fourth-order valence-electron chi connectivity index (χ4n) is 1.93. The van der Waals surface area contributed by atoms with E-state index < -0.39 is 6.67 Å². The van der Waals surface area contributed by atoms with Gasteiger partial charge in [0.15, 0.2) is 0 Å². The van der Waals surface area contributed by atoms with Crippen LogP contribution in [0, 0.1) is 0 Å². The Morgan fingerprint density at radius 2 is 1.26 bits per heavy atom. The van der Waals surface area contributed by atoms with E-state index in [2.05, 4.69) is 6.92 Å². The summed E-state index contributed by atoms with van der Waals surface area (Å²) in [5.41, 5.74) is 0. The van der Waals surface area contributed by atoms with Crippen LogP contribution in [0.15, 0.2) is 0 Å². The number of hydrogen-bond donors (Lipinski definition) is 0. The second kappa shape index (κ2) is 19.3. The maximum absolute atomic E-state index is 11.7. The van der Waals surface area contributed by atoms with Crippen LogP contribution in [0.4, 0.5) is 4.39 Å². The van der Waals surface area contributed by atoms with Gasteiger partial charge in [-0.2, -0.15) is 0 Å². The van der Waals surface area contributed by atoms with Crippen LogP contribution in [0.5, 0.6) is 0 Å². The lowest BCUT2D eigenvalue weighted by Gasteiger charge is -2.07. The molecule has 0 atom stereocenters. The van der Waals surface area contributed by atoms with E-state index in [1.54, 1.807) is 0 Å². The Hall–Kier alpha value is -0.720. The van der Waals surface area contributed by atoms with Gasteiger partial charge in [-0.05, 0) is 6.42 Å². The van der Waals surface area contributed by atoms with Gasteiger partial charge in [0.25, 0.3) is 0 Å². The highest BCUT2D eigenvalue weighted by Gasteiger charge is 2.02. The monoisotopic (exact) mass is 336 g/mol. The Morgan fingerprint density at radius 1 is 0.739 bits per heavy atom. The molecule has 0 saturated carbocycles. The molecule has 0 rings (SSSR count). The van der Waals surface area contributed by atoms with Crippen molar-refractivity contribution in [2.45, 2.75) is 51.9 Å². The Labute approximate surface area is 139 Å². The molecule has 0 fully saturated rings. The molecule has 0 radical (unpaired) electrons. The van der Waals surface area contributed by atoms with Crippen LogP contribution >= 0.6 is 0 Å². The standard InChI is InChI=1S/C17H33FO5/c1-2-3-4-5-6-7-8-17(19)23-16-15-22-14-13-21-12-11-20-10-9-18/h2-16H2,1H3. The van der Waals surface area contributed by atoms with Crippen LogP contribution in [0.2, 0.25) is 0 Å². The van der Waals surface area contributed by atoms with Gasteiger partial charge in [-0.3, -0.25) is 4.79 Å². The lowest BCUT2D eigenvalue weighted by atomic mass is 10.1. The number of unbranched alkanes of at least 4 members (excludes halogenated alkanes) is 5. The van der Waals surface area contributed by atoms with Crippen molar-refractivity contribution < 1.29 is 28.1 Å². The zero-order chi connectivity index (χ0) is 17.0. The number of ether oxygens (including phenoxy) is 4. The summed E-state index contributed by atoms with van der Waals surface area (Å²) in [7, 11) is 0. The number of alkyl halides is 1. The van der Waals surface area contributed by atoms with E-state index >= 15 is 0 Å². The summed E-state index contributed by atoms with van der Waals surface area (Å²) in [6.07, 6.45) is 7.45. The molecule has 6 heteroatoms. The van der Waals surface area contributed by atoms with Crippen molar-refractivity contribution in [1.82, 2.24) is 0 Å². The zero-order valence-corrected chi connectivity index (χ0v) is 14.5. The zero-order valence-electron chi connectivity index (χ0n) is 14.5. The predicted octanol–water partition coefficient (Wildman–Crippen LogP) is 3.30. The predicted molar refractivity (Wildman–Crippen MR) is 87.4 cm³/mol. The lowest BCUT2D eigenvalue weighted by molar-refractivity contribution is -0.145. The van der Waals surface area contributed by atoms with Crippen LogP contribution in [0.1, 0.15) is 51.9 Å². The molecule has 0 aliphatic rings. The number of esters is 1. The average Bonchev–Trinajstić information content (AvgIpc) is 2.56. The van der Waals surface area contributed by atoms with Crippen molar-refractivity contribution in [2.75, 3.05) is 52.9 Å². The number of halogens is 1. The minimum absolute atomic E-state index is 0.115. The first kappa shape index (κ1) is 22.3. The molecular weight excluding hydrogens is 303 g/mol. The maximum Gasteiger partial charge on any atom is 0.305 e. The van der Waals surface area contributed by atoms with Gasteiger partial charge in [0.05, 0.1) is 39.6 Å². The Morgan fingerprint density at radius 3 is 1.87 bits per heavy atom. The van der Waals surface area contributed by atoms with Crippen LogP contribution in [0.3, 0.4) is 0 Å². The van der Waals surface area contributed by atoms with Crippen molar-refractivity contribution in [3.8, 4) is 0 Å². The third kappa shape index (κ3) is 19.2. The maximum atomic E-state index is 11.7. The summed E-state index contributed by atoms with van der Waals surface area (Å²) in [5, 5.41) is 0. The van der Waals surface area contributed by atoms with Gasteiger partial charge in [-0.25, -0.2) is 4.39 Å². The fourth-order valence-corrected chi connectivity index (χ4v) is 1.93. The van der Waals surface area contributed by atoms with Gasteiger partial charge < -0.3 is 18.9 Å². The topological polar surface area (TPSA) is 54.0 Å². The molecule has 0 heterocycles. The van der Waals surface area contributed by atoms with E-state index in [1.165, 1.54) is 25.7 Å². The number of carbonyl (C=O) groups excluding carboxylic acids is 1. The van der Waals surface area contributed by atoms with E-state index in [1.807, 2.05) is 0 Å². The SMILES string of the molecule is CCCCCCCCC(=O)OCCOCCOCCOCCF. The molecular formula is C17H33FO5. The normalized spacial score (nSPS) is 10.9. The van der Waals surface area contributed by atoms with Crippen LogP contribution < -0.4 is 0 Å². The molecule has 0 N–H and O–H groups in total. The molecule has 5 nitrogen and oxygen atoms in total. The first-order valence-corrected chi connectivity index (χ1v) is 8.76. The first-order valence-electron chi connectivity index (χ1n) is 8.76. The summed E-state index contributed by atoms with van der Waals surface area (Å²) < 4.78 is 32.2. The molecule has 0 spiro atoms. The Kier molecular flexibility index (Phi) is 18.7. The smallest absolute Gasteiger partial charge is 0.305 e. The van der Waals surface area contributed by atoms with E-state index in [0.717, 1.165) is 12.8 Å². The highest BCUT2D eigenvalue weighted by Crippen LogP contribution is 2.07. The summed E-state index contributed by atoms with van der Waals surface area (Å²) in [6.45, 7) is 4.21. The van der Waals surface area contributed by atoms with Crippen LogP contribution in [0.25, 0.3) is 0 Å². The third-order valence-corrected chi connectivity index (χ3v) is 3.19. The first-order chi connectivity index (χ1) is 11.3. The summed E-state index contributed by atoms with van der Waals surface area (Å²) in [6, 6.07) is 0. The van der Waals surface area contributed by atoms with Crippen LogP contribution in [-0.4, -0.2) is 58.9 Å². The summed E-state index contributed by atoms with van der Waals surface area (Å²) >= 11 is 0. The van der Waals surface area contributed by atoms with Gasteiger partial charge >= 0.3 is 5.97 Å². The molecule has 0 aliphatic heterocycles. The minimum Gasteiger partial charge on any atom is -0.463 e. The molecule has 0 aliphatic carbocycles. The van der Waals surface area contributed by atoms with Gasteiger partial charge in [0.1, 0.15) is 13.3 Å². The second-order valence-electron chi connectivity index (χ2n) is 5.26. The summed E-state index contributed by atoms with van der Waals surface area (Å²) in [5.74, 6) is -0.148. The molecule has 0 bridgehead atoms. The number of carbonyl (C=O) groups is 1. The van der Waals surface area contributed by atoms with Gasteiger partial charge in [0, 0.05) is 6.42 Å². The van der Waals surface area contributed by atoms with Gasteiger partial charge in [-0.15, -0.1) is 0 Å². The van der Waals surface area contributed by atoms with Crippen molar-refractivity contribution >= 4 is 5.97 Å². The van der Waals surface area contributed by atoms with E-state index in [-0.39, 0.29) is 19.2 Å². The Balaban J connectivity index is 3.11. The van der Waals surface area contributed by atoms with Gasteiger partial charge in [-0.1, -0.05) is 39.0 Å². The molecule has 0 aromatic rings.